The van der Waals surface area contributed by atoms with Gasteiger partial charge in [-0.3, -0.25) is 4.79 Å². The molecule has 134 valence electrons. The van der Waals surface area contributed by atoms with Gasteiger partial charge in [0.2, 0.25) is 0 Å². The van der Waals surface area contributed by atoms with Gasteiger partial charge in [0.05, 0.1) is 12.2 Å². The molecule has 1 aromatic rings. The van der Waals surface area contributed by atoms with E-state index >= 15 is 0 Å². The Hall–Kier alpha value is -1.47. The first-order valence-corrected chi connectivity index (χ1v) is 9.39. The standard InChI is InChI=1S/C17H30N6O/c1-2-9-22-10-5-14(6-11-22)12-19-17(24)16-13-23(21-20-16)15-3-7-18-8-4-15/h13-15,18H,2-12H2,1H3,(H,19,24). The Labute approximate surface area is 144 Å². The summed E-state index contributed by atoms with van der Waals surface area (Å²) in [5.41, 5.74) is 0.442. The second-order valence-corrected chi connectivity index (χ2v) is 7.06. The molecule has 2 fully saturated rings. The van der Waals surface area contributed by atoms with Gasteiger partial charge in [0.1, 0.15) is 0 Å². The van der Waals surface area contributed by atoms with E-state index in [1.807, 2.05) is 4.68 Å². The first-order valence-electron chi connectivity index (χ1n) is 9.39. The van der Waals surface area contributed by atoms with Gasteiger partial charge in [0.15, 0.2) is 5.69 Å². The molecule has 2 aliphatic heterocycles. The van der Waals surface area contributed by atoms with E-state index in [1.165, 1.54) is 25.8 Å². The van der Waals surface area contributed by atoms with Crippen molar-refractivity contribution in [1.82, 2.24) is 30.5 Å². The maximum atomic E-state index is 12.3. The molecule has 0 radical (unpaired) electrons. The Morgan fingerprint density at radius 1 is 1.29 bits per heavy atom. The number of nitrogens with one attached hydrogen (secondary N) is 2. The molecule has 1 amide bonds. The molecule has 2 aliphatic rings. The summed E-state index contributed by atoms with van der Waals surface area (Å²) >= 11 is 0. The minimum absolute atomic E-state index is 0.0915. The van der Waals surface area contributed by atoms with Crippen LogP contribution in [0.4, 0.5) is 0 Å². The quantitative estimate of drug-likeness (QED) is 0.813. The summed E-state index contributed by atoms with van der Waals surface area (Å²) in [6.07, 6.45) is 7.44. The molecular weight excluding hydrogens is 304 g/mol. The van der Waals surface area contributed by atoms with Crippen LogP contribution in [-0.2, 0) is 0 Å². The van der Waals surface area contributed by atoms with Gasteiger partial charge in [-0.05, 0) is 70.7 Å². The lowest BCUT2D eigenvalue weighted by atomic mass is 9.96. The second kappa shape index (κ2) is 8.58. The first-order chi connectivity index (χ1) is 11.8. The van der Waals surface area contributed by atoms with Gasteiger partial charge in [-0.1, -0.05) is 12.1 Å². The number of carbonyl (C=O) groups is 1. The fourth-order valence-electron chi connectivity index (χ4n) is 3.69. The van der Waals surface area contributed by atoms with E-state index in [0.717, 1.165) is 45.6 Å². The minimum Gasteiger partial charge on any atom is -0.350 e. The summed E-state index contributed by atoms with van der Waals surface area (Å²) in [5.74, 6) is 0.493. The summed E-state index contributed by atoms with van der Waals surface area (Å²) in [7, 11) is 0. The first kappa shape index (κ1) is 17.4. The van der Waals surface area contributed by atoms with Gasteiger partial charge in [-0.25, -0.2) is 4.68 Å². The Morgan fingerprint density at radius 3 is 2.75 bits per heavy atom. The van der Waals surface area contributed by atoms with E-state index < -0.39 is 0 Å². The maximum Gasteiger partial charge on any atom is 0.273 e. The summed E-state index contributed by atoms with van der Waals surface area (Å²) in [5, 5.41) is 14.6. The van der Waals surface area contributed by atoms with Crippen LogP contribution in [0.1, 0.15) is 55.6 Å². The molecule has 0 saturated carbocycles. The van der Waals surface area contributed by atoms with E-state index in [0.29, 0.717) is 17.7 Å². The van der Waals surface area contributed by atoms with Crippen molar-refractivity contribution in [3.05, 3.63) is 11.9 Å². The Balaban J connectivity index is 1.43. The zero-order valence-electron chi connectivity index (χ0n) is 14.7. The number of piperidine rings is 2. The zero-order chi connectivity index (χ0) is 16.8. The van der Waals surface area contributed by atoms with Crippen molar-refractivity contribution < 1.29 is 4.79 Å². The molecular formula is C17H30N6O. The predicted octanol–water partition coefficient (Wildman–Crippen LogP) is 1.05. The second-order valence-electron chi connectivity index (χ2n) is 7.06. The number of amides is 1. The Kier molecular flexibility index (Phi) is 6.20. The third-order valence-electron chi connectivity index (χ3n) is 5.22. The van der Waals surface area contributed by atoms with Crippen molar-refractivity contribution in [1.29, 1.82) is 0 Å². The SMILES string of the molecule is CCCN1CCC(CNC(=O)c2cn(C3CCNCC3)nn2)CC1. The minimum atomic E-state index is -0.0915. The van der Waals surface area contributed by atoms with Crippen molar-refractivity contribution in [2.45, 2.75) is 45.1 Å². The fraction of sp³-hybridized carbons (Fsp3) is 0.824. The highest BCUT2D eigenvalue weighted by atomic mass is 16.2. The number of nitrogens with zero attached hydrogens (tertiary/aromatic N) is 4. The number of aromatic nitrogens is 3. The normalized spacial score (nSPS) is 21.0. The summed E-state index contributed by atoms with van der Waals surface area (Å²) in [4.78, 5) is 14.8. The summed E-state index contributed by atoms with van der Waals surface area (Å²) < 4.78 is 1.86. The number of carbonyl (C=O) groups excluding carboxylic acids is 1. The van der Waals surface area contributed by atoms with Crippen molar-refractivity contribution in [3.63, 3.8) is 0 Å². The van der Waals surface area contributed by atoms with Gasteiger partial charge in [0, 0.05) is 6.54 Å². The smallest absolute Gasteiger partial charge is 0.273 e. The van der Waals surface area contributed by atoms with Crippen LogP contribution in [0.25, 0.3) is 0 Å². The van der Waals surface area contributed by atoms with Crippen LogP contribution in [-0.4, -0.2) is 65.1 Å². The molecule has 7 nitrogen and oxygen atoms in total. The third-order valence-corrected chi connectivity index (χ3v) is 5.22. The summed E-state index contributed by atoms with van der Waals surface area (Å²) in [6.45, 7) is 8.48. The number of likely N-dealkylation sites (tertiary alicyclic amines) is 1. The van der Waals surface area contributed by atoms with Crippen LogP contribution < -0.4 is 10.6 Å². The van der Waals surface area contributed by atoms with E-state index in [1.54, 1.807) is 6.20 Å². The van der Waals surface area contributed by atoms with Gasteiger partial charge in [-0.15, -0.1) is 5.10 Å². The predicted molar refractivity (Wildman–Crippen MR) is 93.0 cm³/mol. The van der Waals surface area contributed by atoms with Gasteiger partial charge in [0.25, 0.3) is 5.91 Å². The Morgan fingerprint density at radius 2 is 2.04 bits per heavy atom. The van der Waals surface area contributed by atoms with Crippen molar-refractivity contribution >= 4 is 5.91 Å². The van der Waals surface area contributed by atoms with Crippen molar-refractivity contribution in [2.75, 3.05) is 39.3 Å². The Bertz CT molecular complexity index is 517. The average Bonchev–Trinajstić information content (AvgIpc) is 3.12. The van der Waals surface area contributed by atoms with E-state index in [-0.39, 0.29) is 5.91 Å². The molecule has 1 aromatic heterocycles. The van der Waals surface area contributed by atoms with Crippen LogP contribution >= 0.6 is 0 Å². The highest BCUT2D eigenvalue weighted by molar-refractivity contribution is 5.91. The number of rotatable bonds is 6. The molecule has 24 heavy (non-hydrogen) atoms. The van der Waals surface area contributed by atoms with Crippen LogP contribution in [0.5, 0.6) is 0 Å². The van der Waals surface area contributed by atoms with Crippen LogP contribution in [0.15, 0.2) is 6.20 Å². The van der Waals surface area contributed by atoms with Crippen LogP contribution in [0.3, 0.4) is 0 Å². The molecule has 7 heteroatoms. The van der Waals surface area contributed by atoms with Crippen LogP contribution in [0.2, 0.25) is 0 Å². The third kappa shape index (κ3) is 4.54. The largest absolute Gasteiger partial charge is 0.350 e. The lowest BCUT2D eigenvalue weighted by Crippen LogP contribution is -2.39. The number of hydrogen-bond acceptors (Lipinski definition) is 5. The number of hydrogen-bond donors (Lipinski definition) is 2. The highest BCUT2D eigenvalue weighted by Gasteiger charge is 2.21. The highest BCUT2D eigenvalue weighted by Crippen LogP contribution is 2.18. The monoisotopic (exact) mass is 334 g/mol. The van der Waals surface area contributed by atoms with Crippen molar-refractivity contribution in [3.8, 4) is 0 Å². The van der Waals surface area contributed by atoms with Gasteiger partial charge >= 0.3 is 0 Å². The van der Waals surface area contributed by atoms with E-state index in [9.17, 15) is 4.79 Å². The maximum absolute atomic E-state index is 12.3. The van der Waals surface area contributed by atoms with Crippen molar-refractivity contribution in [2.24, 2.45) is 5.92 Å². The van der Waals surface area contributed by atoms with Gasteiger partial charge in [-0.2, -0.15) is 0 Å². The molecule has 0 aliphatic carbocycles. The average molecular weight is 334 g/mol. The molecule has 0 atom stereocenters. The lowest BCUT2D eigenvalue weighted by molar-refractivity contribution is 0.0931. The molecule has 2 N–H and O–H groups in total. The summed E-state index contributed by atoms with van der Waals surface area (Å²) in [6, 6.07) is 0.364. The zero-order valence-corrected chi connectivity index (χ0v) is 14.7. The van der Waals surface area contributed by atoms with E-state index in [2.05, 4.69) is 32.8 Å². The van der Waals surface area contributed by atoms with E-state index in [4.69, 9.17) is 0 Å². The van der Waals surface area contributed by atoms with Gasteiger partial charge < -0.3 is 15.5 Å². The lowest BCUT2D eigenvalue weighted by Gasteiger charge is -2.31. The topological polar surface area (TPSA) is 75.1 Å². The fourth-order valence-corrected chi connectivity index (χ4v) is 3.69. The molecule has 3 rings (SSSR count). The molecule has 3 heterocycles. The molecule has 0 unspecified atom stereocenters. The molecule has 2 saturated heterocycles. The molecule has 0 aromatic carbocycles. The molecule has 0 spiro atoms. The molecule has 0 bridgehead atoms. The van der Waals surface area contributed by atoms with Crippen LogP contribution in [0, 0.1) is 5.92 Å².